The first-order valence-corrected chi connectivity index (χ1v) is 5.93. The second-order valence-electron chi connectivity index (χ2n) is 3.88. The van der Waals surface area contributed by atoms with E-state index in [4.69, 9.17) is 5.11 Å². The molecule has 1 N–H and O–H groups in total. The molecule has 0 rings (SSSR count). The number of carbonyl (C=O) groups excluding carboxylic acids is 1. The average molecular weight is 200 g/mol. The molecule has 0 atom stereocenters. The molecule has 0 fully saturated rings. The average Bonchev–Trinajstić information content (AvgIpc) is 2.19. The maximum atomic E-state index is 11.3. The van der Waals surface area contributed by atoms with Gasteiger partial charge >= 0.3 is 0 Å². The fourth-order valence-corrected chi connectivity index (χ4v) is 1.48. The van der Waals surface area contributed by atoms with Gasteiger partial charge < -0.3 is 5.11 Å². The van der Waals surface area contributed by atoms with Gasteiger partial charge in [-0.25, -0.2) is 0 Å². The molecule has 0 unspecified atom stereocenters. The van der Waals surface area contributed by atoms with Gasteiger partial charge in [-0.2, -0.15) is 0 Å². The highest BCUT2D eigenvalue weighted by molar-refractivity contribution is 5.78. The fraction of sp³-hybridized carbons (Fsp3) is 0.917. The Morgan fingerprint density at radius 1 is 0.929 bits per heavy atom. The number of ketones is 1. The molecule has 0 aliphatic rings. The van der Waals surface area contributed by atoms with E-state index in [0.29, 0.717) is 12.2 Å². The molecule has 0 saturated carbocycles. The zero-order valence-electron chi connectivity index (χ0n) is 9.43. The van der Waals surface area contributed by atoms with Gasteiger partial charge in [-0.15, -0.1) is 0 Å². The van der Waals surface area contributed by atoms with Gasteiger partial charge in [0.05, 0.1) is 0 Å². The molecule has 2 nitrogen and oxygen atoms in total. The van der Waals surface area contributed by atoms with Gasteiger partial charge in [0.15, 0.2) is 0 Å². The number of hydrogen-bond donors (Lipinski definition) is 1. The molecule has 0 spiro atoms. The minimum Gasteiger partial charge on any atom is -0.396 e. The largest absolute Gasteiger partial charge is 0.396 e. The van der Waals surface area contributed by atoms with Crippen molar-refractivity contribution in [1.29, 1.82) is 0 Å². The standard InChI is InChI=1S/C12H24O2/c1-2-3-4-6-9-12(14)10-7-5-8-11-13/h13H,2-11H2,1H3. The lowest BCUT2D eigenvalue weighted by Gasteiger charge is -2.00. The summed E-state index contributed by atoms with van der Waals surface area (Å²) >= 11 is 0. The molecular weight excluding hydrogens is 176 g/mol. The molecule has 0 aromatic rings. The summed E-state index contributed by atoms with van der Waals surface area (Å²) in [6.45, 7) is 2.43. The number of aliphatic hydroxyl groups is 1. The molecular formula is C12H24O2. The van der Waals surface area contributed by atoms with Crippen molar-refractivity contribution in [3.8, 4) is 0 Å². The van der Waals surface area contributed by atoms with Gasteiger partial charge in [-0.3, -0.25) is 4.79 Å². The van der Waals surface area contributed by atoms with Gasteiger partial charge in [-0.1, -0.05) is 32.6 Å². The van der Waals surface area contributed by atoms with E-state index < -0.39 is 0 Å². The molecule has 0 amide bonds. The zero-order valence-corrected chi connectivity index (χ0v) is 9.43. The molecule has 0 aliphatic carbocycles. The van der Waals surface area contributed by atoms with Crippen molar-refractivity contribution in [1.82, 2.24) is 0 Å². The number of rotatable bonds is 10. The van der Waals surface area contributed by atoms with E-state index in [1.807, 2.05) is 0 Å². The van der Waals surface area contributed by atoms with Gasteiger partial charge in [-0.05, 0) is 19.3 Å². The minimum absolute atomic E-state index is 0.255. The molecule has 84 valence electrons. The number of Topliss-reactive ketones (excluding diaryl/α,β-unsaturated/α-hetero) is 1. The molecule has 0 bridgehead atoms. The van der Waals surface area contributed by atoms with E-state index in [-0.39, 0.29) is 6.61 Å². The van der Waals surface area contributed by atoms with Crippen LogP contribution in [-0.4, -0.2) is 17.5 Å². The molecule has 0 aliphatic heterocycles. The summed E-state index contributed by atoms with van der Waals surface area (Å²) in [5, 5.41) is 8.55. The maximum Gasteiger partial charge on any atom is 0.132 e. The van der Waals surface area contributed by atoms with E-state index in [1.165, 1.54) is 19.3 Å². The highest BCUT2D eigenvalue weighted by Crippen LogP contribution is 2.07. The van der Waals surface area contributed by atoms with E-state index in [2.05, 4.69) is 6.92 Å². The van der Waals surface area contributed by atoms with Crippen molar-refractivity contribution < 1.29 is 9.90 Å². The summed E-state index contributed by atoms with van der Waals surface area (Å²) in [4.78, 5) is 11.3. The molecule has 0 radical (unpaired) electrons. The first-order valence-electron chi connectivity index (χ1n) is 5.93. The van der Waals surface area contributed by atoms with Crippen molar-refractivity contribution >= 4 is 5.78 Å². The molecule has 2 heteroatoms. The fourth-order valence-electron chi connectivity index (χ4n) is 1.48. The van der Waals surface area contributed by atoms with Crippen LogP contribution in [0.2, 0.25) is 0 Å². The van der Waals surface area contributed by atoms with Gasteiger partial charge in [0.2, 0.25) is 0 Å². The third-order valence-corrected chi connectivity index (χ3v) is 2.42. The summed E-state index contributed by atoms with van der Waals surface area (Å²) in [7, 11) is 0. The Labute approximate surface area is 87.7 Å². The van der Waals surface area contributed by atoms with Crippen molar-refractivity contribution in [2.75, 3.05) is 6.61 Å². The summed E-state index contributed by atoms with van der Waals surface area (Å²) in [5.41, 5.74) is 0. The van der Waals surface area contributed by atoms with Crippen LogP contribution < -0.4 is 0 Å². The van der Waals surface area contributed by atoms with Crippen LogP contribution in [0, 0.1) is 0 Å². The normalized spacial score (nSPS) is 10.4. The van der Waals surface area contributed by atoms with Crippen LogP contribution >= 0.6 is 0 Å². The third kappa shape index (κ3) is 9.72. The summed E-state index contributed by atoms with van der Waals surface area (Å²) in [6, 6.07) is 0. The van der Waals surface area contributed by atoms with E-state index in [9.17, 15) is 4.79 Å². The lowest BCUT2D eigenvalue weighted by molar-refractivity contribution is -0.119. The number of unbranched alkanes of at least 4 members (excludes halogenated alkanes) is 5. The van der Waals surface area contributed by atoms with Gasteiger partial charge in [0.25, 0.3) is 0 Å². The first-order chi connectivity index (χ1) is 6.81. The Morgan fingerprint density at radius 3 is 2.00 bits per heavy atom. The Hall–Kier alpha value is -0.370. The summed E-state index contributed by atoms with van der Waals surface area (Å²) in [5.74, 6) is 0.402. The van der Waals surface area contributed by atoms with Crippen molar-refractivity contribution in [2.45, 2.75) is 64.7 Å². The molecule has 14 heavy (non-hydrogen) atoms. The predicted octanol–water partition coefficient (Wildman–Crippen LogP) is 3.08. The zero-order chi connectivity index (χ0) is 10.6. The monoisotopic (exact) mass is 200 g/mol. The predicted molar refractivity (Wildman–Crippen MR) is 59.3 cm³/mol. The Bertz CT molecular complexity index is 118. The topological polar surface area (TPSA) is 37.3 Å². The highest BCUT2D eigenvalue weighted by atomic mass is 16.2. The third-order valence-electron chi connectivity index (χ3n) is 2.42. The van der Waals surface area contributed by atoms with Crippen LogP contribution in [-0.2, 0) is 4.79 Å². The van der Waals surface area contributed by atoms with Crippen LogP contribution in [0.3, 0.4) is 0 Å². The van der Waals surface area contributed by atoms with Gasteiger partial charge in [0, 0.05) is 19.4 Å². The lowest BCUT2D eigenvalue weighted by atomic mass is 10.1. The second-order valence-corrected chi connectivity index (χ2v) is 3.88. The van der Waals surface area contributed by atoms with Crippen LogP contribution in [0.15, 0.2) is 0 Å². The molecule has 0 aromatic heterocycles. The van der Waals surface area contributed by atoms with Crippen molar-refractivity contribution in [2.24, 2.45) is 0 Å². The van der Waals surface area contributed by atoms with E-state index >= 15 is 0 Å². The van der Waals surface area contributed by atoms with Crippen LogP contribution in [0.1, 0.15) is 64.7 Å². The van der Waals surface area contributed by atoms with Crippen molar-refractivity contribution in [3.05, 3.63) is 0 Å². The van der Waals surface area contributed by atoms with E-state index in [1.54, 1.807) is 0 Å². The van der Waals surface area contributed by atoms with E-state index in [0.717, 1.165) is 32.1 Å². The van der Waals surface area contributed by atoms with Crippen molar-refractivity contribution in [3.63, 3.8) is 0 Å². The number of hydrogen-bond acceptors (Lipinski definition) is 2. The van der Waals surface area contributed by atoms with Crippen LogP contribution in [0.25, 0.3) is 0 Å². The Kier molecular flexibility index (Phi) is 10.4. The minimum atomic E-state index is 0.255. The lowest BCUT2D eigenvalue weighted by Crippen LogP contribution is -1.97. The Balaban J connectivity index is 3.11. The smallest absolute Gasteiger partial charge is 0.132 e. The van der Waals surface area contributed by atoms with Crippen LogP contribution in [0.5, 0.6) is 0 Å². The molecule has 0 aromatic carbocycles. The number of aliphatic hydroxyl groups excluding tert-OH is 1. The number of carbonyl (C=O) groups is 1. The summed E-state index contributed by atoms with van der Waals surface area (Å²) in [6.07, 6.45) is 8.98. The first kappa shape index (κ1) is 13.6. The summed E-state index contributed by atoms with van der Waals surface area (Å²) < 4.78 is 0. The molecule has 0 saturated heterocycles. The Morgan fingerprint density at radius 2 is 1.50 bits per heavy atom. The van der Waals surface area contributed by atoms with Gasteiger partial charge in [0.1, 0.15) is 5.78 Å². The maximum absolute atomic E-state index is 11.3. The SMILES string of the molecule is CCCCCCC(=O)CCCCCO. The van der Waals surface area contributed by atoms with Crippen LogP contribution in [0.4, 0.5) is 0 Å². The highest BCUT2D eigenvalue weighted by Gasteiger charge is 2.00. The quantitative estimate of drug-likeness (QED) is 0.550. The second kappa shape index (κ2) is 10.7. The molecule has 0 heterocycles.